The van der Waals surface area contributed by atoms with E-state index >= 15 is 0 Å². The van der Waals surface area contributed by atoms with E-state index in [1.807, 2.05) is 0 Å². The second-order valence-corrected chi connectivity index (χ2v) is 6.26. The van der Waals surface area contributed by atoms with Gasteiger partial charge in [-0.3, -0.25) is 0 Å². The Morgan fingerprint density at radius 2 is 1.94 bits per heavy atom. The van der Waals surface area contributed by atoms with Gasteiger partial charge in [-0.15, -0.1) is 0 Å². The van der Waals surface area contributed by atoms with Crippen LogP contribution in [0.25, 0.3) is 0 Å². The molecule has 0 saturated heterocycles. The monoisotopic (exact) mass is 243 g/mol. The van der Waals surface area contributed by atoms with Crippen molar-refractivity contribution in [3.05, 3.63) is 0 Å². The van der Waals surface area contributed by atoms with Gasteiger partial charge in [-0.2, -0.15) is 0 Å². The summed E-state index contributed by atoms with van der Waals surface area (Å²) in [6.45, 7) is 7.67. The third kappa shape index (κ3) is 4.57. The molecule has 0 aromatic carbocycles. The first-order valence-corrected chi connectivity index (χ1v) is 6.84. The largest absolute Gasteiger partial charge is 0.394 e. The summed E-state index contributed by atoms with van der Waals surface area (Å²) in [4.78, 5) is 0. The summed E-state index contributed by atoms with van der Waals surface area (Å²) in [5, 5.41) is 13.2. The van der Waals surface area contributed by atoms with E-state index in [0.29, 0.717) is 0 Å². The molecule has 1 rings (SSSR count). The van der Waals surface area contributed by atoms with Crippen molar-refractivity contribution in [2.45, 2.75) is 64.0 Å². The Morgan fingerprint density at radius 3 is 2.41 bits per heavy atom. The van der Waals surface area contributed by atoms with Crippen LogP contribution in [0.3, 0.4) is 0 Å². The highest BCUT2D eigenvalue weighted by Gasteiger charge is 2.33. The topological polar surface area (TPSA) is 41.5 Å². The van der Waals surface area contributed by atoms with Crippen molar-refractivity contribution in [1.82, 2.24) is 5.32 Å². The molecule has 0 aromatic heterocycles. The maximum Gasteiger partial charge on any atom is 0.0634 e. The summed E-state index contributed by atoms with van der Waals surface area (Å²) in [7, 11) is 1.75. The van der Waals surface area contributed by atoms with E-state index in [1.54, 1.807) is 7.11 Å². The first-order chi connectivity index (χ1) is 7.93. The number of hydrogen-bond acceptors (Lipinski definition) is 3. The zero-order chi connectivity index (χ0) is 12.9. The van der Waals surface area contributed by atoms with Crippen molar-refractivity contribution in [3.8, 4) is 0 Å². The number of nitrogens with one attached hydrogen (secondary N) is 1. The molecule has 0 spiro atoms. The molecule has 0 amide bonds. The van der Waals surface area contributed by atoms with Gasteiger partial charge in [-0.05, 0) is 58.4 Å². The lowest BCUT2D eigenvalue weighted by Crippen LogP contribution is -2.51. The number of hydrogen-bond donors (Lipinski definition) is 2. The van der Waals surface area contributed by atoms with E-state index in [2.05, 4.69) is 26.1 Å². The number of aliphatic hydroxyl groups is 1. The van der Waals surface area contributed by atoms with Gasteiger partial charge in [0.1, 0.15) is 0 Å². The molecule has 1 fully saturated rings. The summed E-state index contributed by atoms with van der Waals surface area (Å²) < 4.78 is 5.41. The van der Waals surface area contributed by atoms with Crippen LogP contribution in [0, 0.1) is 5.92 Å². The molecule has 0 radical (unpaired) electrons. The van der Waals surface area contributed by atoms with E-state index in [-0.39, 0.29) is 17.7 Å². The van der Waals surface area contributed by atoms with Crippen molar-refractivity contribution >= 4 is 0 Å². The lowest BCUT2D eigenvalue weighted by atomic mass is 9.77. The van der Waals surface area contributed by atoms with Crippen LogP contribution in [0.5, 0.6) is 0 Å². The Morgan fingerprint density at radius 1 is 1.35 bits per heavy atom. The van der Waals surface area contributed by atoms with Gasteiger partial charge < -0.3 is 15.2 Å². The van der Waals surface area contributed by atoms with Gasteiger partial charge in [0, 0.05) is 12.6 Å². The van der Waals surface area contributed by atoms with Gasteiger partial charge >= 0.3 is 0 Å². The molecule has 0 heterocycles. The lowest BCUT2D eigenvalue weighted by Gasteiger charge is -2.39. The molecular weight excluding hydrogens is 214 g/mol. The highest BCUT2D eigenvalue weighted by molar-refractivity contribution is 4.92. The average molecular weight is 243 g/mol. The van der Waals surface area contributed by atoms with Crippen LogP contribution in [-0.4, -0.2) is 36.5 Å². The molecule has 1 saturated carbocycles. The molecule has 0 unspecified atom stereocenters. The van der Waals surface area contributed by atoms with Crippen LogP contribution in [0.2, 0.25) is 0 Å². The fourth-order valence-electron chi connectivity index (χ4n) is 2.44. The second-order valence-electron chi connectivity index (χ2n) is 6.26. The minimum absolute atomic E-state index is 0.0314. The first kappa shape index (κ1) is 14.9. The molecule has 0 atom stereocenters. The third-order valence-corrected chi connectivity index (χ3v) is 4.31. The van der Waals surface area contributed by atoms with E-state index in [4.69, 9.17) is 4.74 Å². The molecule has 1 aliphatic carbocycles. The number of methoxy groups -OCH3 is 1. The molecule has 17 heavy (non-hydrogen) atoms. The summed E-state index contributed by atoms with van der Waals surface area (Å²) in [6.07, 6.45) is 5.61. The zero-order valence-electron chi connectivity index (χ0n) is 11.9. The summed E-state index contributed by atoms with van der Waals surface area (Å²) in [6, 6.07) is 0. The van der Waals surface area contributed by atoms with Crippen LogP contribution in [-0.2, 0) is 4.74 Å². The van der Waals surface area contributed by atoms with Gasteiger partial charge in [0.05, 0.1) is 12.2 Å². The van der Waals surface area contributed by atoms with Crippen LogP contribution >= 0.6 is 0 Å². The molecule has 102 valence electrons. The number of rotatable bonds is 6. The van der Waals surface area contributed by atoms with Crippen molar-refractivity contribution in [2.24, 2.45) is 5.92 Å². The lowest BCUT2D eigenvalue weighted by molar-refractivity contribution is 0.0110. The van der Waals surface area contributed by atoms with Crippen LogP contribution < -0.4 is 5.32 Å². The molecule has 3 nitrogen and oxygen atoms in total. The molecular formula is C14H29NO2. The maximum absolute atomic E-state index is 9.62. The average Bonchev–Trinajstić information content (AvgIpc) is 2.32. The molecule has 3 heteroatoms. The Bertz CT molecular complexity index is 220. The van der Waals surface area contributed by atoms with E-state index in [0.717, 1.165) is 31.7 Å². The molecule has 2 N–H and O–H groups in total. The number of aliphatic hydroxyl groups excluding tert-OH is 1. The Labute approximate surface area is 106 Å². The highest BCUT2D eigenvalue weighted by Crippen LogP contribution is 2.31. The van der Waals surface area contributed by atoms with Gasteiger partial charge in [0.15, 0.2) is 0 Å². The van der Waals surface area contributed by atoms with Gasteiger partial charge in [0.25, 0.3) is 0 Å². The maximum atomic E-state index is 9.62. The van der Waals surface area contributed by atoms with Crippen molar-refractivity contribution in [1.29, 1.82) is 0 Å². The fraction of sp³-hybridized carbons (Fsp3) is 1.00. The fourth-order valence-corrected chi connectivity index (χ4v) is 2.44. The van der Waals surface area contributed by atoms with Crippen molar-refractivity contribution in [3.63, 3.8) is 0 Å². The molecule has 0 bridgehead atoms. The van der Waals surface area contributed by atoms with Gasteiger partial charge in [0.2, 0.25) is 0 Å². The molecule has 0 aliphatic heterocycles. The molecule has 1 aliphatic rings. The molecule has 0 aromatic rings. The minimum atomic E-state index is -0.0778. The Kier molecular flexibility index (Phi) is 5.42. The van der Waals surface area contributed by atoms with Gasteiger partial charge in [-0.25, -0.2) is 0 Å². The highest BCUT2D eigenvalue weighted by atomic mass is 16.5. The quantitative estimate of drug-likeness (QED) is 0.752. The SMILES string of the molecule is COC(C)(C)CCNC1(CO)CCC(C)CC1. The van der Waals surface area contributed by atoms with Crippen LogP contribution in [0.4, 0.5) is 0 Å². The minimum Gasteiger partial charge on any atom is -0.394 e. The van der Waals surface area contributed by atoms with E-state index in [9.17, 15) is 5.11 Å². The standard InChI is InChI=1S/C14H29NO2/c1-12-5-7-14(11-16,8-6-12)15-10-9-13(2,3)17-4/h12,15-16H,5-11H2,1-4H3. The Hall–Kier alpha value is -0.120. The van der Waals surface area contributed by atoms with Gasteiger partial charge in [-0.1, -0.05) is 6.92 Å². The van der Waals surface area contributed by atoms with Crippen LogP contribution in [0.1, 0.15) is 52.9 Å². The summed E-state index contributed by atoms with van der Waals surface area (Å²) >= 11 is 0. The normalized spacial score (nSPS) is 30.5. The van der Waals surface area contributed by atoms with Crippen molar-refractivity contribution in [2.75, 3.05) is 20.3 Å². The smallest absolute Gasteiger partial charge is 0.0634 e. The predicted molar refractivity (Wildman–Crippen MR) is 71.2 cm³/mol. The third-order valence-electron chi connectivity index (χ3n) is 4.31. The number of ether oxygens (including phenoxy) is 1. The zero-order valence-corrected chi connectivity index (χ0v) is 11.9. The second kappa shape index (κ2) is 6.17. The van der Waals surface area contributed by atoms with Crippen molar-refractivity contribution < 1.29 is 9.84 Å². The van der Waals surface area contributed by atoms with Crippen LogP contribution in [0.15, 0.2) is 0 Å². The van der Waals surface area contributed by atoms with E-state index in [1.165, 1.54) is 12.8 Å². The Balaban J connectivity index is 2.37. The summed E-state index contributed by atoms with van der Waals surface area (Å²) in [5.41, 5.74) is -0.109. The van der Waals surface area contributed by atoms with E-state index < -0.39 is 0 Å². The predicted octanol–water partition coefficient (Wildman–Crippen LogP) is 2.33. The first-order valence-electron chi connectivity index (χ1n) is 6.84. The summed E-state index contributed by atoms with van der Waals surface area (Å²) in [5.74, 6) is 0.812.